The Balaban J connectivity index is 1.49. The fourth-order valence-corrected chi connectivity index (χ4v) is 4.12. The third-order valence-electron chi connectivity index (χ3n) is 5.92. The van der Waals surface area contributed by atoms with Crippen LogP contribution in [0.1, 0.15) is 50.0 Å². The molecule has 176 valence electrons. The van der Waals surface area contributed by atoms with Crippen molar-refractivity contribution in [2.24, 2.45) is 0 Å². The van der Waals surface area contributed by atoms with Crippen LogP contribution in [0, 0.1) is 0 Å². The third kappa shape index (κ3) is 7.67. The fourth-order valence-electron chi connectivity index (χ4n) is 4.12. The second kappa shape index (κ2) is 11.4. The van der Waals surface area contributed by atoms with Crippen molar-refractivity contribution in [2.75, 3.05) is 13.2 Å². The van der Waals surface area contributed by atoms with E-state index in [9.17, 15) is 9.90 Å². The molecule has 0 saturated heterocycles. The van der Waals surface area contributed by atoms with Gasteiger partial charge in [0.1, 0.15) is 0 Å². The zero-order valence-corrected chi connectivity index (χ0v) is 19.8. The first kappa shape index (κ1) is 24.9. The number of aliphatic hydroxyl groups is 1. The molecular formula is C28H35NO4. The molecule has 0 unspecified atom stereocenters. The Bertz CT molecular complexity index is 1060. The molecule has 5 heteroatoms. The number of β-amino-alcohol motifs (C(OH)–C–C–N with tert-alkyl or cyclic N) is 1. The topological polar surface area (TPSA) is 78.8 Å². The molecule has 3 rings (SSSR count). The highest BCUT2D eigenvalue weighted by Gasteiger charge is 2.20. The lowest BCUT2D eigenvalue weighted by molar-refractivity contribution is -0.136. The van der Waals surface area contributed by atoms with E-state index >= 15 is 0 Å². The van der Waals surface area contributed by atoms with Gasteiger partial charge in [-0.3, -0.25) is 4.79 Å². The van der Waals surface area contributed by atoms with Crippen molar-refractivity contribution in [2.45, 2.75) is 57.8 Å². The second-order valence-corrected chi connectivity index (χ2v) is 9.35. The molecule has 5 nitrogen and oxygen atoms in total. The van der Waals surface area contributed by atoms with E-state index in [4.69, 9.17) is 9.84 Å². The molecule has 0 fully saturated rings. The normalized spacial score (nSPS) is 13.7. The van der Waals surface area contributed by atoms with Crippen molar-refractivity contribution in [1.29, 1.82) is 0 Å². The Hall–Kier alpha value is -2.73. The van der Waals surface area contributed by atoms with Gasteiger partial charge in [-0.25, -0.2) is 0 Å². The van der Waals surface area contributed by atoms with Crippen molar-refractivity contribution in [3.8, 4) is 0 Å². The highest BCUT2D eigenvalue weighted by atomic mass is 16.5. The molecule has 0 bridgehead atoms. The molecule has 0 aliphatic heterocycles. The summed E-state index contributed by atoms with van der Waals surface area (Å²) >= 11 is 0. The van der Waals surface area contributed by atoms with Gasteiger partial charge in [-0.15, -0.1) is 0 Å². The molecule has 0 aliphatic carbocycles. The van der Waals surface area contributed by atoms with Crippen molar-refractivity contribution in [3.05, 3.63) is 83.4 Å². The predicted octanol–water partition coefficient (Wildman–Crippen LogP) is 4.91. The molecule has 0 amide bonds. The average molecular weight is 450 g/mol. The predicted molar refractivity (Wildman–Crippen MR) is 133 cm³/mol. The van der Waals surface area contributed by atoms with Crippen LogP contribution in [-0.2, 0) is 22.4 Å². The van der Waals surface area contributed by atoms with E-state index in [-0.39, 0.29) is 24.7 Å². The van der Waals surface area contributed by atoms with E-state index in [1.807, 2.05) is 37.3 Å². The Labute approximate surface area is 196 Å². The molecule has 0 aliphatic rings. The van der Waals surface area contributed by atoms with Crippen LogP contribution in [0.15, 0.2) is 66.7 Å². The number of rotatable bonds is 12. The Morgan fingerprint density at radius 2 is 1.73 bits per heavy atom. The molecule has 33 heavy (non-hydrogen) atoms. The Kier molecular flexibility index (Phi) is 8.61. The summed E-state index contributed by atoms with van der Waals surface area (Å²) < 4.78 is 5.93. The molecule has 3 aromatic carbocycles. The van der Waals surface area contributed by atoms with Gasteiger partial charge < -0.3 is 20.3 Å². The van der Waals surface area contributed by atoms with Gasteiger partial charge in [0.05, 0.1) is 18.8 Å². The molecule has 2 atom stereocenters. The van der Waals surface area contributed by atoms with Crippen LogP contribution < -0.4 is 5.32 Å². The van der Waals surface area contributed by atoms with Crippen LogP contribution in [0.25, 0.3) is 10.8 Å². The molecule has 3 aromatic rings. The molecule has 3 N–H and O–H groups in total. The summed E-state index contributed by atoms with van der Waals surface area (Å²) in [4.78, 5) is 10.9. The minimum Gasteiger partial charge on any atom is -0.481 e. The maximum absolute atomic E-state index is 10.9. The first-order valence-electron chi connectivity index (χ1n) is 11.6. The number of ether oxygens (including phenoxy) is 1. The van der Waals surface area contributed by atoms with Gasteiger partial charge in [-0.2, -0.15) is 0 Å². The Morgan fingerprint density at radius 3 is 2.48 bits per heavy atom. The van der Waals surface area contributed by atoms with Crippen molar-refractivity contribution < 1.29 is 19.7 Å². The lowest BCUT2D eigenvalue weighted by Crippen LogP contribution is -2.46. The number of aryl methyl sites for hydroxylation is 1. The van der Waals surface area contributed by atoms with E-state index in [0.29, 0.717) is 13.0 Å². The van der Waals surface area contributed by atoms with Gasteiger partial charge in [0.15, 0.2) is 0 Å². The average Bonchev–Trinajstić information content (AvgIpc) is 2.79. The molecule has 0 saturated carbocycles. The SMILES string of the molecule is C[C@@H](OC[C@@H](O)CNC(C)(C)Cc1ccc2ccccc2c1)c1ccccc1CCC(=O)O. The van der Waals surface area contributed by atoms with Crippen molar-refractivity contribution in [1.82, 2.24) is 5.32 Å². The zero-order valence-electron chi connectivity index (χ0n) is 19.8. The second-order valence-electron chi connectivity index (χ2n) is 9.35. The van der Waals surface area contributed by atoms with Gasteiger partial charge in [0, 0.05) is 18.5 Å². The lowest BCUT2D eigenvalue weighted by Gasteiger charge is -2.28. The largest absolute Gasteiger partial charge is 0.481 e. The lowest BCUT2D eigenvalue weighted by atomic mass is 9.93. The first-order chi connectivity index (χ1) is 15.7. The highest BCUT2D eigenvalue weighted by molar-refractivity contribution is 5.83. The monoisotopic (exact) mass is 449 g/mol. The molecule has 0 aromatic heterocycles. The zero-order chi connectivity index (χ0) is 23.8. The minimum absolute atomic E-state index is 0.0859. The number of carbonyl (C=O) groups is 1. The number of carboxylic acids is 1. The number of hydrogen-bond acceptors (Lipinski definition) is 4. The van der Waals surface area contributed by atoms with E-state index in [2.05, 4.69) is 55.6 Å². The van der Waals surface area contributed by atoms with E-state index < -0.39 is 12.1 Å². The maximum Gasteiger partial charge on any atom is 0.303 e. The smallest absolute Gasteiger partial charge is 0.303 e. The minimum atomic E-state index is -0.814. The van der Waals surface area contributed by atoms with Gasteiger partial charge in [-0.1, -0.05) is 66.7 Å². The van der Waals surface area contributed by atoms with E-state index in [0.717, 1.165) is 17.5 Å². The number of nitrogens with one attached hydrogen (secondary N) is 1. The number of aliphatic hydroxyl groups excluding tert-OH is 1. The van der Waals surface area contributed by atoms with Gasteiger partial charge in [0.2, 0.25) is 0 Å². The molecule has 0 radical (unpaired) electrons. The van der Waals surface area contributed by atoms with Crippen LogP contribution >= 0.6 is 0 Å². The summed E-state index contributed by atoms with van der Waals surface area (Å²) in [6, 6.07) is 22.6. The van der Waals surface area contributed by atoms with Gasteiger partial charge in [0.25, 0.3) is 0 Å². The quantitative estimate of drug-likeness (QED) is 0.366. The van der Waals surface area contributed by atoms with Gasteiger partial charge >= 0.3 is 5.97 Å². The molecule has 0 heterocycles. The number of fused-ring (bicyclic) bond motifs is 1. The van der Waals surface area contributed by atoms with Crippen molar-refractivity contribution in [3.63, 3.8) is 0 Å². The molecular weight excluding hydrogens is 414 g/mol. The van der Waals surface area contributed by atoms with Crippen LogP contribution in [0.2, 0.25) is 0 Å². The van der Waals surface area contributed by atoms with Crippen LogP contribution in [-0.4, -0.2) is 41.0 Å². The summed E-state index contributed by atoms with van der Waals surface area (Å²) in [5.41, 5.74) is 3.01. The summed E-state index contributed by atoms with van der Waals surface area (Å²) in [5.74, 6) is -0.814. The number of benzene rings is 3. The summed E-state index contributed by atoms with van der Waals surface area (Å²) in [6.07, 6.45) is 0.526. The fraction of sp³-hybridized carbons (Fsp3) is 0.393. The third-order valence-corrected chi connectivity index (χ3v) is 5.92. The standard InChI is InChI=1S/C28H35NO4/c1-20(26-11-7-6-9-23(26)14-15-27(31)32)33-19-25(30)18-29-28(2,3)17-21-12-13-22-8-4-5-10-24(22)16-21/h4-13,16,20,25,29-30H,14-15,17-19H2,1-3H3,(H,31,32)/t20-,25+/m1/s1. The number of carboxylic acid groups (broad SMARTS) is 1. The summed E-state index contributed by atoms with van der Waals surface area (Å²) in [6.45, 7) is 6.83. The van der Waals surface area contributed by atoms with Crippen LogP contribution in [0.4, 0.5) is 0 Å². The van der Waals surface area contributed by atoms with E-state index in [1.54, 1.807) is 0 Å². The summed E-state index contributed by atoms with van der Waals surface area (Å²) in [5, 5.41) is 25.4. The van der Waals surface area contributed by atoms with Crippen molar-refractivity contribution >= 4 is 16.7 Å². The summed E-state index contributed by atoms with van der Waals surface area (Å²) in [7, 11) is 0. The molecule has 0 spiro atoms. The van der Waals surface area contributed by atoms with E-state index in [1.165, 1.54) is 16.3 Å². The van der Waals surface area contributed by atoms with Crippen LogP contribution in [0.5, 0.6) is 0 Å². The maximum atomic E-state index is 10.9. The number of aliphatic carboxylic acids is 1. The Morgan fingerprint density at radius 1 is 1.03 bits per heavy atom. The van der Waals surface area contributed by atoms with Gasteiger partial charge in [-0.05, 0) is 61.1 Å². The first-order valence-corrected chi connectivity index (χ1v) is 11.6. The highest BCUT2D eigenvalue weighted by Crippen LogP contribution is 2.23. The number of hydrogen-bond donors (Lipinski definition) is 3. The van der Waals surface area contributed by atoms with Crippen LogP contribution in [0.3, 0.4) is 0 Å².